The van der Waals surface area contributed by atoms with Crippen LogP contribution in [0.2, 0.25) is 5.02 Å². The van der Waals surface area contributed by atoms with Gasteiger partial charge in [-0.25, -0.2) is 9.59 Å². The zero-order valence-corrected chi connectivity index (χ0v) is 12.9. The molecule has 1 fully saturated rings. The van der Waals surface area contributed by atoms with Gasteiger partial charge < -0.3 is 15.3 Å². The van der Waals surface area contributed by atoms with Crippen molar-refractivity contribution in [1.29, 1.82) is 0 Å². The second kappa shape index (κ2) is 5.93. The number of carbonyl (C=O) groups excluding carboxylic acids is 1. The van der Waals surface area contributed by atoms with Gasteiger partial charge in [-0.1, -0.05) is 17.7 Å². The number of benzene rings is 1. The first kappa shape index (κ1) is 15.6. The molecule has 2 amide bonds. The molecular formula is C15H19ClN2O3. The van der Waals surface area contributed by atoms with E-state index in [4.69, 9.17) is 11.6 Å². The third kappa shape index (κ3) is 3.13. The number of nitrogens with one attached hydrogen (secondary N) is 1. The number of aryl methyl sites for hydroxylation is 1. The number of hydrogen-bond donors (Lipinski definition) is 2. The van der Waals surface area contributed by atoms with Gasteiger partial charge in [0.15, 0.2) is 0 Å². The normalized spacial score (nSPS) is 22.0. The number of likely N-dealkylation sites (tertiary alicyclic amines) is 1. The Kier molecular flexibility index (Phi) is 4.42. The van der Waals surface area contributed by atoms with Crippen molar-refractivity contribution in [3.05, 3.63) is 28.8 Å². The minimum absolute atomic E-state index is 0.403. The molecule has 1 saturated heterocycles. The highest BCUT2D eigenvalue weighted by Gasteiger charge is 2.43. The number of amides is 2. The monoisotopic (exact) mass is 310 g/mol. The summed E-state index contributed by atoms with van der Waals surface area (Å²) in [6, 6.07) is 4.82. The van der Waals surface area contributed by atoms with Gasteiger partial charge in [0.1, 0.15) is 5.54 Å². The maximum Gasteiger partial charge on any atom is 0.329 e. The van der Waals surface area contributed by atoms with Crippen LogP contribution in [0.1, 0.15) is 31.7 Å². The Morgan fingerprint density at radius 2 is 2.10 bits per heavy atom. The molecule has 1 unspecified atom stereocenters. The van der Waals surface area contributed by atoms with Crippen molar-refractivity contribution in [2.75, 3.05) is 11.9 Å². The summed E-state index contributed by atoms with van der Waals surface area (Å²) in [5.41, 5.74) is 0.327. The van der Waals surface area contributed by atoms with E-state index in [9.17, 15) is 14.7 Å². The van der Waals surface area contributed by atoms with Gasteiger partial charge in [0.25, 0.3) is 0 Å². The van der Waals surface area contributed by atoms with Crippen LogP contribution in [-0.2, 0) is 4.79 Å². The number of carbonyl (C=O) groups is 2. The van der Waals surface area contributed by atoms with Crippen molar-refractivity contribution in [3.63, 3.8) is 0 Å². The lowest BCUT2D eigenvalue weighted by molar-refractivity contribution is -0.150. The third-order valence-electron chi connectivity index (χ3n) is 4.02. The van der Waals surface area contributed by atoms with Crippen LogP contribution in [0, 0.1) is 6.92 Å². The van der Waals surface area contributed by atoms with Gasteiger partial charge in [-0.2, -0.15) is 0 Å². The van der Waals surface area contributed by atoms with Gasteiger partial charge in [-0.05, 0) is 50.8 Å². The molecule has 5 nitrogen and oxygen atoms in total. The standard InChI is InChI=1S/C15H19ClN2O3/c1-10-5-6-11(9-12(10)16)17-14(21)18-8-4-3-7-15(18,2)13(19)20/h5-6,9H,3-4,7-8H2,1-2H3,(H,17,21)(H,19,20). The molecule has 1 aliphatic rings. The van der Waals surface area contributed by atoms with Crippen molar-refractivity contribution < 1.29 is 14.7 Å². The highest BCUT2D eigenvalue weighted by Crippen LogP contribution is 2.29. The van der Waals surface area contributed by atoms with Crippen LogP contribution >= 0.6 is 11.6 Å². The van der Waals surface area contributed by atoms with Crippen molar-refractivity contribution in [2.45, 2.75) is 38.6 Å². The quantitative estimate of drug-likeness (QED) is 0.878. The molecule has 0 aromatic heterocycles. The number of hydrogen-bond acceptors (Lipinski definition) is 2. The minimum Gasteiger partial charge on any atom is -0.480 e. The van der Waals surface area contributed by atoms with Gasteiger partial charge in [0.2, 0.25) is 0 Å². The second-order valence-electron chi connectivity index (χ2n) is 5.58. The van der Waals surface area contributed by atoms with Crippen molar-refractivity contribution in [1.82, 2.24) is 4.90 Å². The van der Waals surface area contributed by atoms with Crippen molar-refractivity contribution in [2.24, 2.45) is 0 Å². The average molecular weight is 311 g/mol. The number of carboxylic acids is 1. The molecule has 1 atom stereocenters. The maximum absolute atomic E-state index is 12.4. The SMILES string of the molecule is Cc1ccc(NC(=O)N2CCCCC2(C)C(=O)O)cc1Cl. The van der Waals surface area contributed by atoms with Crippen LogP contribution in [0.4, 0.5) is 10.5 Å². The molecule has 1 aliphatic heterocycles. The molecule has 1 aromatic carbocycles. The largest absolute Gasteiger partial charge is 0.480 e. The number of anilines is 1. The van der Waals surface area contributed by atoms with Crippen molar-refractivity contribution >= 4 is 29.3 Å². The number of piperidine rings is 1. The van der Waals surface area contributed by atoms with E-state index in [-0.39, 0.29) is 0 Å². The van der Waals surface area contributed by atoms with Crippen LogP contribution in [0.25, 0.3) is 0 Å². The van der Waals surface area contributed by atoms with E-state index in [0.717, 1.165) is 18.4 Å². The molecule has 6 heteroatoms. The van der Waals surface area contributed by atoms with Gasteiger partial charge in [-0.3, -0.25) is 0 Å². The summed E-state index contributed by atoms with van der Waals surface area (Å²) in [6.45, 7) is 3.91. The van der Waals surface area contributed by atoms with Gasteiger partial charge >= 0.3 is 12.0 Å². The predicted octanol–water partition coefficient (Wildman–Crippen LogP) is 3.51. The van der Waals surface area contributed by atoms with Crippen LogP contribution in [-0.4, -0.2) is 34.1 Å². The highest BCUT2D eigenvalue weighted by molar-refractivity contribution is 6.31. The Morgan fingerprint density at radius 1 is 1.38 bits per heavy atom. The Hall–Kier alpha value is -1.75. The van der Waals surface area contributed by atoms with E-state index >= 15 is 0 Å². The predicted molar refractivity (Wildman–Crippen MR) is 81.8 cm³/mol. The molecule has 21 heavy (non-hydrogen) atoms. The molecule has 0 aliphatic carbocycles. The lowest BCUT2D eigenvalue weighted by atomic mass is 9.89. The zero-order valence-electron chi connectivity index (χ0n) is 12.1. The molecule has 0 radical (unpaired) electrons. The lowest BCUT2D eigenvalue weighted by Crippen LogP contribution is -2.58. The summed E-state index contributed by atoms with van der Waals surface area (Å²) >= 11 is 6.03. The number of aliphatic carboxylic acids is 1. The summed E-state index contributed by atoms with van der Waals surface area (Å²) in [6.07, 6.45) is 2.08. The summed E-state index contributed by atoms with van der Waals surface area (Å²) in [7, 11) is 0. The van der Waals surface area contributed by atoms with E-state index in [1.165, 1.54) is 4.90 Å². The topological polar surface area (TPSA) is 69.6 Å². The van der Waals surface area contributed by atoms with Crippen LogP contribution in [0.5, 0.6) is 0 Å². The fraction of sp³-hybridized carbons (Fsp3) is 0.467. The number of carboxylic acid groups (broad SMARTS) is 1. The molecule has 1 heterocycles. The van der Waals surface area contributed by atoms with E-state index in [2.05, 4.69) is 5.32 Å². The highest BCUT2D eigenvalue weighted by atomic mass is 35.5. The summed E-state index contributed by atoms with van der Waals surface area (Å²) in [4.78, 5) is 25.3. The van der Waals surface area contributed by atoms with E-state index in [1.807, 2.05) is 13.0 Å². The zero-order chi connectivity index (χ0) is 15.6. The molecule has 0 spiro atoms. The third-order valence-corrected chi connectivity index (χ3v) is 4.43. The molecule has 1 aromatic rings. The van der Waals surface area contributed by atoms with Gasteiger partial charge in [0.05, 0.1) is 0 Å². The fourth-order valence-corrected chi connectivity index (χ4v) is 2.71. The van der Waals surface area contributed by atoms with Crippen LogP contribution < -0.4 is 5.32 Å². The molecule has 2 N–H and O–H groups in total. The Bertz CT molecular complexity index is 576. The maximum atomic E-state index is 12.4. The molecular weight excluding hydrogens is 292 g/mol. The van der Waals surface area contributed by atoms with Crippen LogP contribution in [0.15, 0.2) is 18.2 Å². The summed E-state index contributed by atoms with van der Waals surface area (Å²) in [5.74, 6) is -0.973. The Labute approximate surface area is 128 Å². The van der Waals surface area contributed by atoms with E-state index < -0.39 is 17.5 Å². The first-order chi connectivity index (χ1) is 9.84. The molecule has 0 saturated carbocycles. The number of rotatable bonds is 2. The lowest BCUT2D eigenvalue weighted by Gasteiger charge is -2.41. The molecule has 2 rings (SSSR count). The minimum atomic E-state index is -1.16. The summed E-state index contributed by atoms with van der Waals surface area (Å²) in [5, 5.41) is 12.7. The second-order valence-corrected chi connectivity index (χ2v) is 5.99. The summed E-state index contributed by atoms with van der Waals surface area (Å²) < 4.78 is 0. The van der Waals surface area contributed by atoms with Gasteiger partial charge in [-0.15, -0.1) is 0 Å². The fourth-order valence-electron chi connectivity index (χ4n) is 2.53. The van der Waals surface area contributed by atoms with Crippen molar-refractivity contribution in [3.8, 4) is 0 Å². The number of urea groups is 1. The number of nitrogens with zero attached hydrogens (tertiary/aromatic N) is 1. The Morgan fingerprint density at radius 3 is 2.71 bits per heavy atom. The Balaban J connectivity index is 2.18. The van der Waals surface area contributed by atoms with E-state index in [0.29, 0.717) is 23.7 Å². The number of halogens is 1. The van der Waals surface area contributed by atoms with E-state index in [1.54, 1.807) is 19.1 Å². The molecule has 0 bridgehead atoms. The van der Waals surface area contributed by atoms with Crippen LogP contribution in [0.3, 0.4) is 0 Å². The first-order valence-electron chi connectivity index (χ1n) is 6.93. The molecule has 114 valence electrons. The average Bonchev–Trinajstić information content (AvgIpc) is 2.43. The smallest absolute Gasteiger partial charge is 0.329 e. The first-order valence-corrected chi connectivity index (χ1v) is 7.30. The van der Waals surface area contributed by atoms with Gasteiger partial charge in [0, 0.05) is 17.3 Å².